The maximum atomic E-state index is 11.4. The molecule has 0 saturated carbocycles. The van der Waals surface area contributed by atoms with Crippen LogP contribution in [0, 0.1) is 48.2 Å². The van der Waals surface area contributed by atoms with Gasteiger partial charge in [0, 0.05) is 41.3 Å². The largest absolute Gasteiger partial charge is 0.508 e. The number of carboxylic acid groups (broad SMARTS) is 2. The molecule has 0 aliphatic rings. The van der Waals surface area contributed by atoms with Gasteiger partial charge in [-0.1, -0.05) is 121 Å². The molecule has 0 aliphatic carbocycles. The first-order valence-electron chi connectivity index (χ1n) is 28.8. The Kier molecular flexibility index (Phi) is 57.0. The minimum absolute atomic E-state index is 0. The average molecular weight is 1440 g/mol. The van der Waals surface area contributed by atoms with E-state index in [-0.39, 0.29) is 100 Å². The van der Waals surface area contributed by atoms with Gasteiger partial charge in [-0.05, 0) is 104 Å². The molecule has 29 nitrogen and oxygen atoms in total. The third-order valence-electron chi connectivity index (χ3n) is 9.99. The molecule has 0 heterocycles. The Morgan fingerprint density at radius 2 is 0.634 bits per heavy atom. The molecule has 4 amide bonds. The predicted molar refractivity (Wildman–Crippen MR) is 334 cm³/mol. The normalized spacial score (nSPS) is 11.3. The third-order valence-corrected chi connectivity index (χ3v) is 9.99. The van der Waals surface area contributed by atoms with Gasteiger partial charge in [-0.15, -0.1) is 0 Å². The second-order valence-corrected chi connectivity index (χ2v) is 17.9. The van der Waals surface area contributed by atoms with E-state index in [2.05, 4.69) is 41.8 Å². The van der Waals surface area contributed by atoms with Crippen LogP contribution in [0.15, 0.2) is 121 Å². The minimum atomic E-state index is -1.24. The molecule has 0 aliphatic heterocycles. The smallest absolute Gasteiger partial charge is 0.467 e. The molecule has 6 unspecified atom stereocenters. The van der Waals surface area contributed by atoms with Crippen LogP contribution < -0.4 is 32.7 Å². The van der Waals surface area contributed by atoms with Crippen molar-refractivity contribution in [3.63, 3.8) is 0 Å². The quantitative estimate of drug-likeness (QED) is 0.0194. The first-order chi connectivity index (χ1) is 43.6. The molecule has 4 rings (SSSR count). The van der Waals surface area contributed by atoms with E-state index in [1.54, 1.807) is 55.4 Å². The standard InChI is InChI=1S/C15H14O3.C13H17NO4.C11H20N2O5.C8H8O3.C6H11NO4.C5H11NO2.C5H10NO2.Pr/c16-15(17-11-13-7-3-1-4-8-13)18-12-14-9-5-2-6-10-14;1-3-17-12(15)10(2)14-13(16)18-9-11-7-5-4-6-8-11;1-5-17-9(14)7(3)12-11(16)13-8(4)10(15)18-6-2;9-8(10)11-6-7-4-2-1-3-5-7;1-3-11-5(8)4(2)7-6(9)10;2*1-3-8-5(7)4(2)6;/h1-10H,11-12H2;4-8,10H,3,9H2,1-2H3,(H,14,16);7-8H,5-6H2,1-4H3,(H2,12,13,16);1-5H,6H2,(H,9,10);4,7H,3H2,1-2H3,(H,9,10);4H,3,6H2,1-2H3;4H,2-3,6H2,1H3;/q;;;;;;-1;. The van der Waals surface area contributed by atoms with Crippen LogP contribution >= 0.6 is 0 Å². The molecule has 0 bridgehead atoms. The van der Waals surface area contributed by atoms with Gasteiger partial charge in [-0.25, -0.2) is 43.2 Å². The topological polar surface area (TPSA) is 421 Å². The zero-order valence-corrected chi connectivity index (χ0v) is 58.2. The number of alkyl carbamates (subject to hydrolysis) is 1. The SMILES string of the molecule is CCOC(=O)C(C)N.CCOC(=O)C(C)NC(=O)NC(C)C(=O)OCC.CCOC(=O)C(C)NC(=O)O.CCOC(=O)C(C)NC(=O)OCc1ccccc1.O=C(O)OCc1ccccc1.O=C(OCc1ccccc1)OCc1ccccc1.[CH2-]C(N)C(=O)OCC.[Pr]. The first kappa shape index (κ1) is 90.8. The van der Waals surface area contributed by atoms with Crippen LogP contribution in [-0.2, 0) is 103 Å². The van der Waals surface area contributed by atoms with Crippen molar-refractivity contribution in [3.8, 4) is 0 Å². The second kappa shape index (κ2) is 58.4. The van der Waals surface area contributed by atoms with Crippen molar-refractivity contribution in [2.75, 3.05) is 39.6 Å². The molecule has 0 fully saturated rings. The van der Waals surface area contributed by atoms with Crippen molar-refractivity contribution < 1.29 is 152 Å². The van der Waals surface area contributed by atoms with E-state index in [0.717, 1.165) is 22.3 Å². The number of carbonyl (C=O) groups is 11. The van der Waals surface area contributed by atoms with Gasteiger partial charge in [0.05, 0.1) is 39.6 Å². The summed E-state index contributed by atoms with van der Waals surface area (Å²) < 4.78 is 47.1. The summed E-state index contributed by atoms with van der Waals surface area (Å²) >= 11 is 0. The van der Waals surface area contributed by atoms with Crippen molar-refractivity contribution in [2.45, 2.75) is 139 Å². The van der Waals surface area contributed by atoms with Crippen molar-refractivity contribution in [2.24, 2.45) is 11.5 Å². The monoisotopic (exact) mass is 1440 g/mol. The van der Waals surface area contributed by atoms with Crippen LogP contribution in [0.3, 0.4) is 0 Å². The van der Waals surface area contributed by atoms with Gasteiger partial charge in [-0.3, -0.25) is 9.59 Å². The number of urea groups is 1. The van der Waals surface area contributed by atoms with Crippen LogP contribution in [0.2, 0.25) is 0 Å². The van der Waals surface area contributed by atoms with Crippen molar-refractivity contribution in [1.82, 2.24) is 21.3 Å². The van der Waals surface area contributed by atoms with E-state index in [9.17, 15) is 52.7 Å². The Labute approximate surface area is 576 Å². The number of carbonyl (C=O) groups excluding carboxylic acids is 9. The number of hydrogen-bond donors (Lipinski definition) is 8. The van der Waals surface area contributed by atoms with E-state index in [4.69, 9.17) is 50.1 Å². The molecular weight excluding hydrogens is 1350 g/mol. The van der Waals surface area contributed by atoms with Crippen LogP contribution in [0.5, 0.6) is 0 Å². The van der Waals surface area contributed by atoms with Crippen LogP contribution in [0.1, 0.15) is 98.4 Å². The Bertz CT molecular complexity index is 2600. The van der Waals surface area contributed by atoms with Gasteiger partial charge in [0.25, 0.3) is 5.97 Å². The fraction of sp³-hybridized carbons (Fsp3) is 0.429. The molecule has 6 atom stereocenters. The number of benzene rings is 4. The number of amides is 4. The molecule has 0 spiro atoms. The summed E-state index contributed by atoms with van der Waals surface area (Å²) in [4.78, 5) is 119. The fourth-order valence-corrected chi connectivity index (χ4v) is 5.58. The maximum Gasteiger partial charge on any atom is 0.508 e. The Morgan fingerprint density at radius 1 is 0.376 bits per heavy atom. The Hall–Kier alpha value is -8.67. The summed E-state index contributed by atoms with van der Waals surface area (Å²) in [5, 5.41) is 25.4. The molecule has 30 heteroatoms. The van der Waals surface area contributed by atoms with Crippen molar-refractivity contribution >= 4 is 66.3 Å². The van der Waals surface area contributed by atoms with Crippen LogP contribution in [0.4, 0.5) is 24.0 Å². The Morgan fingerprint density at radius 3 is 0.882 bits per heavy atom. The van der Waals surface area contributed by atoms with Gasteiger partial charge in [0.2, 0.25) is 0 Å². The number of esters is 6. The molecular formula is C63H91N6O23Pr-. The minimum Gasteiger partial charge on any atom is -0.467 e. The molecule has 0 saturated heterocycles. The van der Waals surface area contributed by atoms with Gasteiger partial charge in [0.15, 0.2) is 0 Å². The molecule has 1 radical (unpaired) electrons. The molecule has 4 aromatic rings. The molecule has 10 N–H and O–H groups in total. The van der Waals surface area contributed by atoms with Gasteiger partial charge in [0.1, 0.15) is 56.6 Å². The number of nitrogens with two attached hydrogens (primary N) is 2. The maximum absolute atomic E-state index is 11.4. The number of nitrogens with one attached hydrogen (secondary N) is 4. The van der Waals surface area contributed by atoms with E-state index >= 15 is 0 Å². The molecule has 515 valence electrons. The first-order valence-corrected chi connectivity index (χ1v) is 28.8. The van der Waals surface area contributed by atoms with Crippen molar-refractivity contribution in [3.05, 3.63) is 151 Å². The third kappa shape index (κ3) is 53.7. The van der Waals surface area contributed by atoms with Crippen molar-refractivity contribution in [1.29, 1.82) is 0 Å². The van der Waals surface area contributed by atoms with Crippen LogP contribution in [-0.4, -0.2) is 152 Å². The molecule has 0 aromatic heterocycles. The van der Waals surface area contributed by atoms with E-state index in [0.29, 0.717) is 13.2 Å². The summed E-state index contributed by atoms with van der Waals surface area (Å²) in [6.45, 7) is 23.5. The van der Waals surface area contributed by atoms with Gasteiger partial charge >= 0.3 is 60.4 Å². The number of rotatable bonds is 24. The van der Waals surface area contributed by atoms with Gasteiger partial charge in [-0.2, -0.15) is 0 Å². The van der Waals surface area contributed by atoms with E-state index < -0.39 is 96.6 Å². The van der Waals surface area contributed by atoms with E-state index in [1.807, 2.05) is 127 Å². The summed E-state index contributed by atoms with van der Waals surface area (Å²) in [5.41, 5.74) is 13.8. The summed E-state index contributed by atoms with van der Waals surface area (Å²) in [7, 11) is 0. The Balaban J connectivity index is -0.000000508. The van der Waals surface area contributed by atoms with Gasteiger partial charge < -0.3 is 97.2 Å². The number of ether oxygens (including phenoxy) is 10. The predicted octanol–water partition coefficient (Wildman–Crippen LogP) is 7.29. The zero-order valence-electron chi connectivity index (χ0n) is 54.5. The number of hydrogen-bond acceptors (Lipinski definition) is 23. The second-order valence-electron chi connectivity index (χ2n) is 17.9. The fourth-order valence-electron chi connectivity index (χ4n) is 5.58. The molecule has 4 aromatic carbocycles. The summed E-state index contributed by atoms with van der Waals surface area (Å²) in [6, 6.07) is 32.5. The van der Waals surface area contributed by atoms with E-state index in [1.165, 1.54) is 20.8 Å². The summed E-state index contributed by atoms with van der Waals surface area (Å²) in [5.74, 6) is -2.89. The summed E-state index contributed by atoms with van der Waals surface area (Å²) in [6.07, 6.45) is -3.76. The molecule has 93 heavy (non-hydrogen) atoms. The average Bonchev–Trinajstić information content (AvgIpc) is 3.75. The zero-order chi connectivity index (χ0) is 70.2. The van der Waals surface area contributed by atoms with Crippen LogP contribution in [0.25, 0.3) is 0 Å².